The van der Waals surface area contributed by atoms with Crippen LogP contribution in [0.15, 0.2) is 78.0 Å². The number of benzene rings is 3. The van der Waals surface area contributed by atoms with Crippen molar-refractivity contribution < 1.29 is 14.5 Å². The molecule has 9 nitrogen and oxygen atoms in total. The fourth-order valence-corrected chi connectivity index (χ4v) is 4.54. The molecule has 0 saturated carbocycles. The lowest BCUT2D eigenvalue weighted by Crippen LogP contribution is -2.19. The molecule has 1 heterocycles. The number of nitro benzene ring substituents is 1. The van der Waals surface area contributed by atoms with Gasteiger partial charge in [-0.25, -0.2) is 0 Å². The Labute approximate surface area is 210 Å². The Bertz CT molecular complexity index is 1360. The monoisotopic (exact) mass is 509 g/mol. The van der Waals surface area contributed by atoms with Crippen LogP contribution in [0.5, 0.6) is 5.75 Å². The number of halogens is 1. The summed E-state index contributed by atoms with van der Waals surface area (Å²) in [5.41, 5.74) is 1.57. The molecule has 4 rings (SSSR count). The number of aromatic nitrogens is 3. The maximum Gasteiger partial charge on any atom is 0.289 e. The lowest BCUT2D eigenvalue weighted by atomic mass is 10.1. The zero-order valence-corrected chi connectivity index (χ0v) is 20.3. The molecule has 1 N–H and O–H groups in total. The second-order valence-corrected chi connectivity index (χ2v) is 8.89. The summed E-state index contributed by atoms with van der Waals surface area (Å²) in [4.78, 5) is 24.0. The fraction of sp³-hybridized carbons (Fsp3) is 0.125. The Morgan fingerprint density at radius 3 is 2.49 bits per heavy atom. The van der Waals surface area contributed by atoms with E-state index in [1.807, 2.05) is 66.2 Å². The molecular weight excluding hydrogens is 490 g/mol. The number of rotatable bonds is 8. The summed E-state index contributed by atoms with van der Waals surface area (Å²) < 4.78 is 7.02. The molecule has 35 heavy (non-hydrogen) atoms. The van der Waals surface area contributed by atoms with Crippen LogP contribution in [0.1, 0.15) is 10.8 Å². The van der Waals surface area contributed by atoms with Crippen LogP contribution in [0.25, 0.3) is 11.4 Å². The summed E-state index contributed by atoms with van der Waals surface area (Å²) in [6.07, 6.45) is 0. The number of nitrogens with one attached hydrogen (secondary N) is 1. The molecule has 0 radical (unpaired) electrons. The van der Waals surface area contributed by atoms with E-state index < -0.39 is 10.2 Å². The van der Waals surface area contributed by atoms with Gasteiger partial charge in [0.25, 0.3) is 5.69 Å². The van der Waals surface area contributed by atoms with E-state index in [1.54, 1.807) is 7.11 Å². The third-order valence-corrected chi connectivity index (χ3v) is 6.77. The highest BCUT2D eigenvalue weighted by Gasteiger charge is 2.26. The Kier molecular flexibility index (Phi) is 7.33. The predicted molar refractivity (Wildman–Crippen MR) is 135 cm³/mol. The molecule has 1 aromatic heterocycles. The second kappa shape index (κ2) is 10.6. The van der Waals surface area contributed by atoms with Gasteiger partial charge in [0.05, 0.1) is 12.0 Å². The summed E-state index contributed by atoms with van der Waals surface area (Å²) in [5, 5.41) is 22.4. The first kappa shape index (κ1) is 24.2. The molecule has 3 aromatic carbocycles. The molecule has 178 valence electrons. The molecule has 0 spiro atoms. The molecule has 0 fully saturated rings. The zero-order chi connectivity index (χ0) is 24.9. The SMILES string of the molecule is COc1ccc(-c2nnc(SC(C(=O)Nc3ccc(Cl)c([N+](=O)[O-])c3)c3ccccc3)n2C)cc1. The third kappa shape index (κ3) is 5.44. The van der Waals surface area contributed by atoms with Crippen LogP contribution in [-0.4, -0.2) is 32.7 Å². The maximum atomic E-state index is 13.3. The fourth-order valence-electron chi connectivity index (χ4n) is 3.35. The van der Waals surface area contributed by atoms with Gasteiger partial charge in [0.1, 0.15) is 16.0 Å². The minimum atomic E-state index is -0.697. The van der Waals surface area contributed by atoms with Crippen molar-refractivity contribution in [1.82, 2.24) is 14.8 Å². The van der Waals surface area contributed by atoms with Gasteiger partial charge in [0.2, 0.25) is 5.91 Å². The van der Waals surface area contributed by atoms with Crippen molar-refractivity contribution in [3.05, 3.63) is 93.5 Å². The molecule has 0 aliphatic carbocycles. The standard InChI is InChI=1S/C24H20ClN5O4S/c1-29-22(16-8-11-18(34-2)12-9-16)27-28-24(29)35-21(15-6-4-3-5-7-15)23(31)26-17-10-13-19(25)20(14-17)30(32)33/h3-14,21H,1-2H3,(H,26,31). The van der Waals surface area contributed by atoms with Gasteiger partial charge in [0.15, 0.2) is 11.0 Å². The Balaban J connectivity index is 1.62. The van der Waals surface area contributed by atoms with E-state index in [4.69, 9.17) is 16.3 Å². The number of thioether (sulfide) groups is 1. The average Bonchev–Trinajstić information content (AvgIpc) is 3.23. The smallest absolute Gasteiger partial charge is 0.289 e. The van der Waals surface area contributed by atoms with Crippen LogP contribution < -0.4 is 10.1 Å². The highest BCUT2D eigenvalue weighted by molar-refractivity contribution is 8.00. The molecule has 0 aliphatic rings. The van der Waals surface area contributed by atoms with Crippen molar-refractivity contribution >= 4 is 40.6 Å². The first-order valence-electron chi connectivity index (χ1n) is 10.4. The molecule has 0 aliphatic heterocycles. The summed E-state index contributed by atoms with van der Waals surface area (Å²) in [5.74, 6) is 0.997. The predicted octanol–water partition coefficient (Wildman–Crippen LogP) is 5.52. The minimum absolute atomic E-state index is 0.00729. The van der Waals surface area contributed by atoms with Gasteiger partial charge < -0.3 is 14.6 Å². The lowest BCUT2D eigenvalue weighted by molar-refractivity contribution is -0.384. The van der Waals surface area contributed by atoms with Crippen molar-refractivity contribution in [2.24, 2.45) is 7.05 Å². The van der Waals surface area contributed by atoms with E-state index in [1.165, 1.54) is 30.0 Å². The van der Waals surface area contributed by atoms with Gasteiger partial charge in [-0.05, 0) is 42.0 Å². The van der Waals surface area contributed by atoms with E-state index in [0.29, 0.717) is 11.0 Å². The molecular formula is C24H20ClN5O4S. The van der Waals surface area contributed by atoms with Crippen molar-refractivity contribution in [3.8, 4) is 17.1 Å². The first-order valence-corrected chi connectivity index (χ1v) is 11.6. The topological polar surface area (TPSA) is 112 Å². The van der Waals surface area contributed by atoms with Crippen LogP contribution in [0.3, 0.4) is 0 Å². The number of carbonyl (C=O) groups is 1. The Morgan fingerprint density at radius 1 is 1.11 bits per heavy atom. The number of methoxy groups -OCH3 is 1. The van der Waals surface area contributed by atoms with Crippen LogP contribution in [-0.2, 0) is 11.8 Å². The van der Waals surface area contributed by atoms with E-state index in [9.17, 15) is 14.9 Å². The van der Waals surface area contributed by atoms with Gasteiger partial charge in [-0.2, -0.15) is 0 Å². The van der Waals surface area contributed by atoms with Crippen LogP contribution in [0, 0.1) is 10.1 Å². The number of hydrogen-bond donors (Lipinski definition) is 1. The second-order valence-electron chi connectivity index (χ2n) is 7.41. The van der Waals surface area contributed by atoms with E-state index in [-0.39, 0.29) is 22.3 Å². The molecule has 0 bridgehead atoms. The highest BCUT2D eigenvalue weighted by Crippen LogP contribution is 2.37. The summed E-state index contributed by atoms with van der Waals surface area (Å²) in [6, 6.07) is 20.8. The molecule has 11 heteroatoms. The first-order chi connectivity index (χ1) is 16.9. The van der Waals surface area contributed by atoms with Gasteiger partial charge in [-0.1, -0.05) is 53.7 Å². The van der Waals surface area contributed by atoms with E-state index in [0.717, 1.165) is 16.9 Å². The van der Waals surface area contributed by atoms with Crippen molar-refractivity contribution in [3.63, 3.8) is 0 Å². The molecule has 4 aromatic rings. The Hall–Kier alpha value is -3.89. The number of anilines is 1. The number of ether oxygens (including phenoxy) is 1. The van der Waals surface area contributed by atoms with Crippen LogP contribution in [0.4, 0.5) is 11.4 Å². The van der Waals surface area contributed by atoms with Crippen molar-refractivity contribution in [1.29, 1.82) is 0 Å². The van der Waals surface area contributed by atoms with Gasteiger partial charge in [-0.15, -0.1) is 10.2 Å². The average molecular weight is 510 g/mol. The van der Waals surface area contributed by atoms with E-state index >= 15 is 0 Å². The number of carbonyl (C=O) groups excluding carboxylic acids is 1. The third-order valence-electron chi connectivity index (χ3n) is 5.16. The van der Waals surface area contributed by atoms with Crippen molar-refractivity contribution in [2.45, 2.75) is 10.4 Å². The molecule has 1 unspecified atom stereocenters. The molecule has 1 amide bonds. The number of nitro groups is 1. The van der Waals surface area contributed by atoms with Crippen LogP contribution in [0.2, 0.25) is 5.02 Å². The summed E-state index contributed by atoms with van der Waals surface area (Å²) >= 11 is 7.12. The van der Waals surface area contributed by atoms with Gasteiger partial charge >= 0.3 is 0 Å². The largest absolute Gasteiger partial charge is 0.497 e. The summed E-state index contributed by atoms with van der Waals surface area (Å²) in [7, 11) is 3.42. The lowest BCUT2D eigenvalue weighted by Gasteiger charge is -2.17. The summed E-state index contributed by atoms with van der Waals surface area (Å²) in [6.45, 7) is 0. The normalized spacial score (nSPS) is 11.6. The highest BCUT2D eigenvalue weighted by atomic mass is 35.5. The number of nitrogens with zero attached hydrogens (tertiary/aromatic N) is 4. The van der Waals surface area contributed by atoms with Gasteiger partial charge in [-0.3, -0.25) is 14.9 Å². The van der Waals surface area contributed by atoms with Gasteiger partial charge in [0, 0.05) is 24.4 Å². The number of amides is 1. The minimum Gasteiger partial charge on any atom is -0.497 e. The maximum absolute atomic E-state index is 13.3. The molecule has 0 saturated heterocycles. The van der Waals surface area contributed by atoms with Crippen molar-refractivity contribution in [2.75, 3.05) is 12.4 Å². The Morgan fingerprint density at radius 2 is 1.83 bits per heavy atom. The number of hydrogen-bond acceptors (Lipinski definition) is 7. The van der Waals surface area contributed by atoms with Crippen LogP contribution >= 0.6 is 23.4 Å². The zero-order valence-electron chi connectivity index (χ0n) is 18.7. The van der Waals surface area contributed by atoms with E-state index in [2.05, 4.69) is 15.5 Å². The molecule has 1 atom stereocenters. The quantitative estimate of drug-likeness (QED) is 0.189.